The van der Waals surface area contributed by atoms with E-state index in [9.17, 15) is 0 Å². The van der Waals surface area contributed by atoms with Crippen LogP contribution in [0.1, 0.15) is 36.3 Å². The van der Waals surface area contributed by atoms with Crippen molar-refractivity contribution in [2.75, 3.05) is 18.0 Å². The van der Waals surface area contributed by atoms with Crippen molar-refractivity contribution in [1.29, 1.82) is 0 Å². The normalized spacial score (nSPS) is 15.4. The van der Waals surface area contributed by atoms with Crippen LogP contribution >= 0.6 is 0 Å². The van der Waals surface area contributed by atoms with Crippen LogP contribution < -0.4 is 10.2 Å². The summed E-state index contributed by atoms with van der Waals surface area (Å²) in [5.74, 6) is 1.97. The van der Waals surface area contributed by atoms with Gasteiger partial charge in [0.2, 0.25) is 0 Å². The first kappa shape index (κ1) is 14.2. The number of nitrogens with one attached hydrogen (secondary N) is 1. The van der Waals surface area contributed by atoms with Gasteiger partial charge in [-0.1, -0.05) is 12.1 Å². The minimum absolute atomic E-state index is 0.779. The van der Waals surface area contributed by atoms with Crippen molar-refractivity contribution in [3.8, 4) is 0 Å². The Morgan fingerprint density at radius 1 is 0.952 bits per heavy atom. The van der Waals surface area contributed by atoms with Gasteiger partial charge in [-0.15, -0.1) is 0 Å². The number of piperidine rings is 1. The SMILES string of the molecule is Cc1ccc(CNCc2ccc(N3CCCCC3)cc2)o1. The van der Waals surface area contributed by atoms with E-state index in [1.807, 2.05) is 19.1 Å². The summed E-state index contributed by atoms with van der Waals surface area (Å²) in [5, 5.41) is 3.42. The Bertz CT molecular complexity index is 553. The van der Waals surface area contributed by atoms with Gasteiger partial charge in [0, 0.05) is 25.3 Å². The van der Waals surface area contributed by atoms with Crippen molar-refractivity contribution >= 4 is 5.69 Å². The lowest BCUT2D eigenvalue weighted by Crippen LogP contribution is -2.29. The van der Waals surface area contributed by atoms with Crippen LogP contribution in [-0.2, 0) is 13.1 Å². The van der Waals surface area contributed by atoms with Crippen molar-refractivity contribution in [1.82, 2.24) is 5.32 Å². The maximum Gasteiger partial charge on any atom is 0.117 e. The van der Waals surface area contributed by atoms with Crippen molar-refractivity contribution in [2.24, 2.45) is 0 Å². The zero-order valence-corrected chi connectivity index (χ0v) is 12.8. The Labute approximate surface area is 127 Å². The van der Waals surface area contributed by atoms with Gasteiger partial charge >= 0.3 is 0 Å². The summed E-state index contributed by atoms with van der Waals surface area (Å²) < 4.78 is 5.55. The molecular weight excluding hydrogens is 260 g/mol. The summed E-state index contributed by atoms with van der Waals surface area (Å²) in [6.45, 7) is 6.04. The highest BCUT2D eigenvalue weighted by atomic mass is 16.3. The molecule has 0 radical (unpaired) electrons. The number of aryl methyl sites for hydroxylation is 1. The number of nitrogens with zero attached hydrogens (tertiary/aromatic N) is 1. The molecule has 0 amide bonds. The fraction of sp³-hybridized carbons (Fsp3) is 0.444. The first-order valence-corrected chi connectivity index (χ1v) is 7.91. The number of rotatable bonds is 5. The van der Waals surface area contributed by atoms with Crippen LogP contribution in [0.25, 0.3) is 0 Å². The summed E-state index contributed by atoms with van der Waals surface area (Å²) in [6.07, 6.45) is 4.03. The average Bonchev–Trinajstić information content (AvgIpc) is 2.94. The molecule has 21 heavy (non-hydrogen) atoms. The monoisotopic (exact) mass is 284 g/mol. The van der Waals surface area contributed by atoms with Crippen LogP contribution in [0.3, 0.4) is 0 Å². The zero-order valence-electron chi connectivity index (χ0n) is 12.8. The zero-order chi connectivity index (χ0) is 14.5. The molecule has 3 nitrogen and oxygen atoms in total. The maximum absolute atomic E-state index is 5.55. The molecule has 0 bridgehead atoms. The topological polar surface area (TPSA) is 28.4 Å². The van der Waals surface area contributed by atoms with Crippen LogP contribution in [0.5, 0.6) is 0 Å². The van der Waals surface area contributed by atoms with Gasteiger partial charge in [0.1, 0.15) is 11.5 Å². The number of benzene rings is 1. The van der Waals surface area contributed by atoms with Gasteiger partial charge in [0.25, 0.3) is 0 Å². The number of furan rings is 1. The molecule has 1 fully saturated rings. The van der Waals surface area contributed by atoms with E-state index in [4.69, 9.17) is 4.42 Å². The smallest absolute Gasteiger partial charge is 0.117 e. The van der Waals surface area contributed by atoms with E-state index in [-0.39, 0.29) is 0 Å². The standard InChI is InChI=1S/C18H24N2O/c1-15-5-10-18(21-15)14-19-13-16-6-8-17(9-7-16)20-11-3-2-4-12-20/h5-10,19H,2-4,11-14H2,1H3. The predicted octanol–water partition coefficient (Wildman–Crippen LogP) is 3.87. The molecule has 1 N–H and O–H groups in total. The third kappa shape index (κ3) is 3.88. The lowest BCUT2D eigenvalue weighted by molar-refractivity contribution is 0.461. The van der Waals surface area contributed by atoms with Crippen LogP contribution in [0, 0.1) is 6.92 Å². The summed E-state index contributed by atoms with van der Waals surface area (Å²) in [6, 6.07) is 13.0. The van der Waals surface area contributed by atoms with Crippen molar-refractivity contribution in [3.63, 3.8) is 0 Å². The Kier molecular flexibility index (Phi) is 4.61. The van der Waals surface area contributed by atoms with Gasteiger partial charge in [0.15, 0.2) is 0 Å². The Hall–Kier alpha value is -1.74. The molecular formula is C18H24N2O. The second kappa shape index (κ2) is 6.81. The second-order valence-electron chi connectivity index (χ2n) is 5.83. The molecule has 1 aliphatic heterocycles. The van der Waals surface area contributed by atoms with E-state index in [0.717, 1.165) is 24.6 Å². The molecule has 3 rings (SSSR count). The van der Waals surface area contributed by atoms with E-state index < -0.39 is 0 Å². The molecule has 0 aliphatic carbocycles. The lowest BCUT2D eigenvalue weighted by Gasteiger charge is -2.28. The van der Waals surface area contributed by atoms with Gasteiger partial charge < -0.3 is 14.6 Å². The fourth-order valence-corrected chi connectivity index (χ4v) is 2.89. The van der Waals surface area contributed by atoms with Crippen LogP contribution in [0.2, 0.25) is 0 Å². The minimum atomic E-state index is 0.779. The molecule has 0 spiro atoms. The van der Waals surface area contributed by atoms with Crippen molar-refractivity contribution in [2.45, 2.75) is 39.3 Å². The molecule has 1 aromatic heterocycles. The molecule has 0 unspecified atom stereocenters. The Morgan fingerprint density at radius 3 is 2.38 bits per heavy atom. The number of hydrogen-bond donors (Lipinski definition) is 1. The molecule has 0 atom stereocenters. The van der Waals surface area contributed by atoms with E-state index in [1.165, 1.54) is 43.6 Å². The predicted molar refractivity (Wildman–Crippen MR) is 86.5 cm³/mol. The van der Waals surface area contributed by atoms with Crippen molar-refractivity contribution < 1.29 is 4.42 Å². The van der Waals surface area contributed by atoms with Crippen LogP contribution in [-0.4, -0.2) is 13.1 Å². The highest BCUT2D eigenvalue weighted by Crippen LogP contribution is 2.20. The molecule has 0 saturated carbocycles. The molecule has 2 aromatic rings. The number of hydrogen-bond acceptors (Lipinski definition) is 3. The summed E-state index contributed by atoms with van der Waals surface area (Å²) in [5.41, 5.74) is 2.68. The van der Waals surface area contributed by atoms with E-state index in [2.05, 4.69) is 34.5 Å². The maximum atomic E-state index is 5.55. The van der Waals surface area contributed by atoms with Gasteiger partial charge in [-0.25, -0.2) is 0 Å². The third-order valence-corrected chi connectivity index (χ3v) is 4.08. The molecule has 1 aliphatic rings. The first-order chi connectivity index (χ1) is 10.3. The summed E-state index contributed by atoms with van der Waals surface area (Å²) in [7, 11) is 0. The van der Waals surface area contributed by atoms with Gasteiger partial charge in [0.05, 0.1) is 6.54 Å². The average molecular weight is 284 g/mol. The van der Waals surface area contributed by atoms with E-state index in [1.54, 1.807) is 0 Å². The largest absolute Gasteiger partial charge is 0.465 e. The molecule has 1 saturated heterocycles. The molecule has 112 valence electrons. The highest BCUT2D eigenvalue weighted by molar-refractivity contribution is 5.47. The first-order valence-electron chi connectivity index (χ1n) is 7.91. The Balaban J connectivity index is 1.49. The number of anilines is 1. The minimum Gasteiger partial charge on any atom is -0.465 e. The molecule has 2 heterocycles. The highest BCUT2D eigenvalue weighted by Gasteiger charge is 2.10. The summed E-state index contributed by atoms with van der Waals surface area (Å²) >= 11 is 0. The van der Waals surface area contributed by atoms with E-state index >= 15 is 0 Å². The van der Waals surface area contributed by atoms with Gasteiger partial charge in [-0.05, 0) is 56.0 Å². The van der Waals surface area contributed by atoms with Gasteiger partial charge in [-0.3, -0.25) is 0 Å². The Morgan fingerprint density at radius 2 is 1.71 bits per heavy atom. The fourth-order valence-electron chi connectivity index (χ4n) is 2.89. The molecule has 1 aromatic carbocycles. The second-order valence-corrected chi connectivity index (χ2v) is 5.83. The quantitative estimate of drug-likeness (QED) is 0.903. The van der Waals surface area contributed by atoms with Crippen LogP contribution in [0.4, 0.5) is 5.69 Å². The van der Waals surface area contributed by atoms with Crippen LogP contribution in [0.15, 0.2) is 40.8 Å². The third-order valence-electron chi connectivity index (χ3n) is 4.08. The molecule has 3 heteroatoms. The lowest BCUT2D eigenvalue weighted by atomic mass is 10.1. The van der Waals surface area contributed by atoms with E-state index in [0.29, 0.717) is 0 Å². The van der Waals surface area contributed by atoms with Gasteiger partial charge in [-0.2, -0.15) is 0 Å². The summed E-state index contributed by atoms with van der Waals surface area (Å²) in [4.78, 5) is 2.49. The van der Waals surface area contributed by atoms with Crippen molar-refractivity contribution in [3.05, 3.63) is 53.5 Å².